The van der Waals surface area contributed by atoms with Crippen LogP contribution in [0.25, 0.3) is 0 Å². The van der Waals surface area contributed by atoms with Gasteiger partial charge in [0.15, 0.2) is 0 Å². The average molecular weight is 182 g/mol. The number of aromatic nitrogens is 3. The maximum atomic E-state index is 11.2. The maximum absolute atomic E-state index is 11.2. The van der Waals surface area contributed by atoms with Gasteiger partial charge in [-0.05, 0) is 5.92 Å². The first kappa shape index (κ1) is 9.70. The molecule has 0 saturated heterocycles. The molecular formula is C8H14N4O. The average Bonchev–Trinajstić information content (AvgIpc) is 2.53. The molecule has 0 unspecified atom stereocenters. The third-order valence-electron chi connectivity index (χ3n) is 1.48. The van der Waals surface area contributed by atoms with Gasteiger partial charge in [0.2, 0.25) is 5.91 Å². The molecule has 1 rings (SSSR count). The molecule has 0 saturated carbocycles. The zero-order valence-electron chi connectivity index (χ0n) is 7.90. The van der Waals surface area contributed by atoms with Crippen LogP contribution in [0.15, 0.2) is 12.7 Å². The number of carbonyl (C=O) groups excluding carboxylic acids is 1. The topological polar surface area (TPSA) is 59.8 Å². The van der Waals surface area contributed by atoms with Crippen molar-refractivity contribution < 1.29 is 4.79 Å². The smallest absolute Gasteiger partial charge is 0.241 e. The molecule has 0 spiro atoms. The Kier molecular flexibility index (Phi) is 3.42. The highest BCUT2D eigenvalue weighted by Crippen LogP contribution is 1.87. The minimum absolute atomic E-state index is 0.0285. The van der Waals surface area contributed by atoms with Gasteiger partial charge in [0, 0.05) is 6.54 Å². The van der Waals surface area contributed by atoms with Crippen molar-refractivity contribution >= 4 is 5.91 Å². The van der Waals surface area contributed by atoms with Gasteiger partial charge in [0.25, 0.3) is 0 Å². The maximum Gasteiger partial charge on any atom is 0.241 e. The van der Waals surface area contributed by atoms with E-state index in [0.717, 1.165) is 0 Å². The lowest BCUT2D eigenvalue weighted by atomic mass is 10.2. The molecule has 5 heteroatoms. The van der Waals surface area contributed by atoms with Crippen molar-refractivity contribution in [3.05, 3.63) is 12.7 Å². The fourth-order valence-electron chi connectivity index (χ4n) is 0.835. The Morgan fingerprint density at radius 2 is 2.38 bits per heavy atom. The third kappa shape index (κ3) is 3.68. The highest BCUT2D eigenvalue weighted by atomic mass is 16.2. The second-order valence-corrected chi connectivity index (χ2v) is 3.29. The van der Waals surface area contributed by atoms with Crippen molar-refractivity contribution in [1.29, 1.82) is 0 Å². The Morgan fingerprint density at radius 1 is 1.62 bits per heavy atom. The van der Waals surface area contributed by atoms with E-state index in [1.807, 2.05) is 0 Å². The van der Waals surface area contributed by atoms with Gasteiger partial charge >= 0.3 is 0 Å². The van der Waals surface area contributed by atoms with Crippen LogP contribution >= 0.6 is 0 Å². The SMILES string of the molecule is CC(C)CNC(=O)Cn1cncn1. The summed E-state index contributed by atoms with van der Waals surface area (Å²) < 4.78 is 1.50. The summed E-state index contributed by atoms with van der Waals surface area (Å²) in [5, 5.41) is 6.62. The van der Waals surface area contributed by atoms with Gasteiger partial charge in [0.05, 0.1) is 0 Å². The zero-order chi connectivity index (χ0) is 9.68. The largest absolute Gasteiger partial charge is 0.354 e. The number of rotatable bonds is 4. The molecule has 5 nitrogen and oxygen atoms in total. The van der Waals surface area contributed by atoms with Gasteiger partial charge in [-0.2, -0.15) is 5.10 Å². The van der Waals surface area contributed by atoms with Gasteiger partial charge in [-0.15, -0.1) is 0 Å². The van der Waals surface area contributed by atoms with Crippen LogP contribution in [0.2, 0.25) is 0 Å². The number of nitrogens with zero attached hydrogens (tertiary/aromatic N) is 3. The number of amides is 1. The Hall–Kier alpha value is -1.39. The van der Waals surface area contributed by atoms with E-state index < -0.39 is 0 Å². The molecule has 0 aliphatic rings. The molecule has 0 aliphatic carbocycles. The van der Waals surface area contributed by atoms with E-state index in [0.29, 0.717) is 12.5 Å². The lowest BCUT2D eigenvalue weighted by Gasteiger charge is -2.06. The summed E-state index contributed by atoms with van der Waals surface area (Å²) >= 11 is 0. The highest BCUT2D eigenvalue weighted by Gasteiger charge is 2.02. The molecule has 0 aliphatic heterocycles. The van der Waals surface area contributed by atoms with Crippen molar-refractivity contribution in [3.63, 3.8) is 0 Å². The van der Waals surface area contributed by atoms with Crippen LogP contribution in [0.4, 0.5) is 0 Å². The predicted octanol–water partition coefficient (Wildman–Crippen LogP) is 0.0503. The molecule has 0 fully saturated rings. The summed E-state index contributed by atoms with van der Waals surface area (Å²) in [6.07, 6.45) is 2.94. The molecule has 1 N–H and O–H groups in total. The molecule has 0 atom stereocenters. The van der Waals surface area contributed by atoms with Gasteiger partial charge in [0.1, 0.15) is 19.2 Å². The first-order valence-corrected chi connectivity index (χ1v) is 4.27. The van der Waals surface area contributed by atoms with Crippen LogP contribution in [0, 0.1) is 5.92 Å². The lowest BCUT2D eigenvalue weighted by Crippen LogP contribution is -2.30. The van der Waals surface area contributed by atoms with E-state index >= 15 is 0 Å². The number of hydrogen-bond donors (Lipinski definition) is 1. The molecule has 0 radical (unpaired) electrons. The molecular weight excluding hydrogens is 168 g/mol. The molecule has 72 valence electrons. The second kappa shape index (κ2) is 4.59. The fourth-order valence-corrected chi connectivity index (χ4v) is 0.835. The van der Waals surface area contributed by atoms with E-state index in [2.05, 4.69) is 29.2 Å². The highest BCUT2D eigenvalue weighted by molar-refractivity contribution is 5.75. The Labute approximate surface area is 77.2 Å². The summed E-state index contributed by atoms with van der Waals surface area (Å²) in [6.45, 7) is 5.05. The van der Waals surface area contributed by atoms with Crippen LogP contribution in [0.3, 0.4) is 0 Å². The van der Waals surface area contributed by atoms with Crippen LogP contribution in [-0.4, -0.2) is 27.2 Å². The van der Waals surface area contributed by atoms with Crippen molar-refractivity contribution in [3.8, 4) is 0 Å². The number of nitrogens with one attached hydrogen (secondary N) is 1. The van der Waals surface area contributed by atoms with E-state index in [1.54, 1.807) is 0 Å². The number of hydrogen-bond acceptors (Lipinski definition) is 3. The van der Waals surface area contributed by atoms with E-state index in [-0.39, 0.29) is 12.5 Å². The molecule has 1 heterocycles. The standard InChI is InChI=1S/C8H14N4O/c1-7(2)3-10-8(13)4-12-6-9-5-11-12/h5-7H,3-4H2,1-2H3,(H,10,13). The zero-order valence-corrected chi connectivity index (χ0v) is 7.90. The van der Waals surface area contributed by atoms with Gasteiger partial charge < -0.3 is 5.32 Å². The Morgan fingerprint density at radius 3 is 2.92 bits per heavy atom. The predicted molar refractivity (Wildman–Crippen MR) is 47.9 cm³/mol. The summed E-state index contributed by atoms with van der Waals surface area (Å²) in [5.74, 6) is 0.443. The quantitative estimate of drug-likeness (QED) is 0.715. The molecule has 1 aromatic heterocycles. The van der Waals surface area contributed by atoms with Gasteiger partial charge in [-0.3, -0.25) is 4.79 Å². The summed E-state index contributed by atoms with van der Waals surface area (Å²) in [5.41, 5.74) is 0. The minimum atomic E-state index is -0.0285. The van der Waals surface area contributed by atoms with Gasteiger partial charge in [-0.1, -0.05) is 13.8 Å². The van der Waals surface area contributed by atoms with Crippen LogP contribution in [0.1, 0.15) is 13.8 Å². The second-order valence-electron chi connectivity index (χ2n) is 3.29. The van der Waals surface area contributed by atoms with Crippen molar-refractivity contribution in [2.75, 3.05) is 6.54 Å². The first-order chi connectivity index (χ1) is 6.18. The van der Waals surface area contributed by atoms with Crippen LogP contribution < -0.4 is 5.32 Å². The lowest BCUT2D eigenvalue weighted by molar-refractivity contribution is -0.122. The molecule has 1 aromatic rings. The van der Waals surface area contributed by atoms with Crippen LogP contribution in [0.5, 0.6) is 0 Å². The summed E-state index contributed by atoms with van der Waals surface area (Å²) in [7, 11) is 0. The normalized spacial score (nSPS) is 10.4. The van der Waals surface area contributed by atoms with E-state index in [4.69, 9.17) is 0 Å². The van der Waals surface area contributed by atoms with Crippen molar-refractivity contribution in [2.24, 2.45) is 5.92 Å². The van der Waals surface area contributed by atoms with E-state index in [9.17, 15) is 4.79 Å². The number of carbonyl (C=O) groups is 1. The Balaban J connectivity index is 2.26. The molecule has 0 aromatic carbocycles. The van der Waals surface area contributed by atoms with Crippen molar-refractivity contribution in [2.45, 2.75) is 20.4 Å². The van der Waals surface area contributed by atoms with Crippen molar-refractivity contribution in [1.82, 2.24) is 20.1 Å². The Bertz CT molecular complexity index is 255. The van der Waals surface area contributed by atoms with E-state index in [1.165, 1.54) is 17.3 Å². The first-order valence-electron chi connectivity index (χ1n) is 4.27. The monoisotopic (exact) mass is 182 g/mol. The van der Waals surface area contributed by atoms with Crippen LogP contribution in [-0.2, 0) is 11.3 Å². The summed E-state index contributed by atoms with van der Waals surface area (Å²) in [6, 6.07) is 0. The minimum Gasteiger partial charge on any atom is -0.354 e. The summed E-state index contributed by atoms with van der Waals surface area (Å²) in [4.78, 5) is 15.0. The third-order valence-corrected chi connectivity index (χ3v) is 1.48. The molecule has 0 bridgehead atoms. The van der Waals surface area contributed by atoms with Gasteiger partial charge in [-0.25, -0.2) is 9.67 Å². The fraction of sp³-hybridized carbons (Fsp3) is 0.625. The molecule has 13 heavy (non-hydrogen) atoms. The molecule has 1 amide bonds.